The van der Waals surface area contributed by atoms with Crippen LogP contribution in [0.3, 0.4) is 0 Å². The van der Waals surface area contributed by atoms with Gasteiger partial charge in [-0.3, -0.25) is 19.6 Å². The molecule has 0 saturated carbocycles. The minimum atomic E-state index is -0.341. The van der Waals surface area contributed by atoms with E-state index in [9.17, 15) is 14.0 Å². The molecule has 10 heteroatoms. The lowest BCUT2D eigenvalue weighted by atomic mass is 10.3. The second kappa shape index (κ2) is 10.4. The molecule has 0 atom stereocenters. The van der Waals surface area contributed by atoms with E-state index in [0.29, 0.717) is 42.8 Å². The molecule has 1 aliphatic rings. The number of carbonyl (C=O) groups excluding carboxylic acids is 2. The van der Waals surface area contributed by atoms with Crippen LogP contribution in [0.25, 0.3) is 0 Å². The van der Waals surface area contributed by atoms with Gasteiger partial charge in [0.2, 0.25) is 17.0 Å². The summed E-state index contributed by atoms with van der Waals surface area (Å²) in [6.45, 7) is 4.75. The average Bonchev–Trinajstić information content (AvgIpc) is 3.16. The Hall–Kier alpha value is -2.46. The topological polar surface area (TPSA) is 94.2 Å². The number of rotatable bonds is 8. The molecule has 2 N–H and O–H groups in total. The van der Waals surface area contributed by atoms with Crippen LogP contribution >= 0.6 is 11.8 Å². The summed E-state index contributed by atoms with van der Waals surface area (Å²) < 4.78 is 12.9. The number of H-pyrrole nitrogens is 1. The zero-order valence-electron chi connectivity index (χ0n) is 16.4. The molecule has 29 heavy (non-hydrogen) atoms. The number of nitrogens with one attached hydrogen (secondary N) is 2. The highest BCUT2D eigenvalue weighted by atomic mass is 32.2. The van der Waals surface area contributed by atoms with E-state index in [1.54, 1.807) is 4.90 Å². The number of hydrogen-bond acceptors (Lipinski definition) is 6. The maximum Gasteiger partial charge on any atom is 0.238 e. The van der Waals surface area contributed by atoms with Gasteiger partial charge in [0, 0.05) is 38.3 Å². The van der Waals surface area contributed by atoms with Crippen molar-refractivity contribution >= 4 is 29.3 Å². The smallest absolute Gasteiger partial charge is 0.238 e. The highest BCUT2D eigenvalue weighted by Gasteiger charge is 2.22. The van der Waals surface area contributed by atoms with Gasteiger partial charge in [-0.1, -0.05) is 18.7 Å². The number of benzene rings is 1. The lowest BCUT2D eigenvalue weighted by Crippen LogP contribution is -2.50. The van der Waals surface area contributed by atoms with Crippen LogP contribution in [0.4, 0.5) is 10.1 Å². The second-order valence-electron chi connectivity index (χ2n) is 6.82. The molecule has 2 aromatic rings. The van der Waals surface area contributed by atoms with Gasteiger partial charge in [-0.2, -0.15) is 0 Å². The van der Waals surface area contributed by atoms with Crippen LogP contribution in [-0.4, -0.2) is 75.3 Å². The minimum Gasteiger partial charge on any atom is -0.339 e. The van der Waals surface area contributed by atoms with Crippen molar-refractivity contribution in [1.82, 2.24) is 25.0 Å². The SMILES string of the molecule is CCCc1nc(SCC(=O)N2CCN(CC(=O)Nc3ccc(F)cc3)CC2)n[nH]1. The highest BCUT2D eigenvalue weighted by Crippen LogP contribution is 2.15. The quantitative estimate of drug-likeness (QED) is 0.632. The molecule has 1 aliphatic heterocycles. The van der Waals surface area contributed by atoms with E-state index >= 15 is 0 Å². The molecule has 0 bridgehead atoms. The number of carbonyl (C=O) groups is 2. The molecule has 1 aromatic heterocycles. The standard InChI is InChI=1S/C19H25FN6O2S/c1-2-3-16-22-19(24-23-16)29-13-18(28)26-10-8-25(9-11-26)12-17(27)21-15-6-4-14(20)5-7-15/h4-7H,2-3,8-13H2,1H3,(H,21,27)(H,22,23,24). The maximum absolute atomic E-state index is 12.9. The molecule has 0 unspecified atom stereocenters. The number of nitrogens with zero attached hydrogens (tertiary/aromatic N) is 4. The van der Waals surface area contributed by atoms with E-state index in [2.05, 4.69) is 27.4 Å². The van der Waals surface area contributed by atoms with Gasteiger partial charge in [0.15, 0.2) is 0 Å². The molecule has 0 spiro atoms. The first-order chi connectivity index (χ1) is 14.0. The minimum absolute atomic E-state index is 0.0484. The van der Waals surface area contributed by atoms with Crippen molar-refractivity contribution in [3.63, 3.8) is 0 Å². The zero-order valence-corrected chi connectivity index (χ0v) is 17.2. The molecular weight excluding hydrogens is 395 g/mol. The fraction of sp³-hybridized carbons (Fsp3) is 0.474. The molecule has 1 aromatic carbocycles. The summed E-state index contributed by atoms with van der Waals surface area (Å²) in [6.07, 6.45) is 1.84. The summed E-state index contributed by atoms with van der Waals surface area (Å²) in [4.78, 5) is 32.7. The number of anilines is 1. The Morgan fingerprint density at radius 1 is 1.21 bits per heavy atom. The number of aryl methyl sites for hydroxylation is 1. The van der Waals surface area contributed by atoms with Crippen LogP contribution in [0.5, 0.6) is 0 Å². The summed E-state index contributed by atoms with van der Waals surface area (Å²) in [5, 5.41) is 10.3. The van der Waals surface area contributed by atoms with Gasteiger partial charge in [-0.15, -0.1) is 5.10 Å². The molecular formula is C19H25FN6O2S. The Morgan fingerprint density at radius 3 is 2.62 bits per heavy atom. The number of piperazine rings is 1. The Bertz CT molecular complexity index is 820. The molecule has 3 rings (SSSR count). The Balaban J connectivity index is 1.37. The van der Waals surface area contributed by atoms with Crippen molar-refractivity contribution in [1.29, 1.82) is 0 Å². The van der Waals surface area contributed by atoms with Crippen molar-refractivity contribution in [3.05, 3.63) is 35.9 Å². The first kappa shape index (κ1) is 21.3. The number of hydrogen-bond donors (Lipinski definition) is 2. The normalized spacial score (nSPS) is 14.8. The zero-order chi connectivity index (χ0) is 20.6. The summed E-state index contributed by atoms with van der Waals surface area (Å²) in [5.74, 6) is 0.696. The monoisotopic (exact) mass is 420 g/mol. The van der Waals surface area contributed by atoms with Gasteiger partial charge in [0.05, 0.1) is 12.3 Å². The second-order valence-corrected chi connectivity index (χ2v) is 7.76. The Morgan fingerprint density at radius 2 is 1.93 bits per heavy atom. The number of aromatic nitrogens is 3. The van der Waals surface area contributed by atoms with Crippen molar-refractivity contribution in [2.24, 2.45) is 0 Å². The van der Waals surface area contributed by atoms with E-state index < -0.39 is 0 Å². The van der Waals surface area contributed by atoms with Crippen LogP contribution in [0.15, 0.2) is 29.4 Å². The van der Waals surface area contributed by atoms with Crippen LogP contribution < -0.4 is 5.32 Å². The molecule has 8 nitrogen and oxygen atoms in total. The van der Waals surface area contributed by atoms with E-state index in [1.807, 2.05) is 4.90 Å². The Kier molecular flexibility index (Phi) is 7.59. The molecule has 1 fully saturated rings. The summed E-state index contributed by atoms with van der Waals surface area (Å²) in [6, 6.07) is 5.67. The highest BCUT2D eigenvalue weighted by molar-refractivity contribution is 7.99. The fourth-order valence-electron chi connectivity index (χ4n) is 3.00. The molecule has 0 radical (unpaired) electrons. The number of amides is 2. The summed E-state index contributed by atoms with van der Waals surface area (Å²) in [5.41, 5.74) is 0.566. The maximum atomic E-state index is 12.9. The van der Waals surface area contributed by atoms with Crippen molar-refractivity contribution < 1.29 is 14.0 Å². The van der Waals surface area contributed by atoms with Crippen molar-refractivity contribution in [3.8, 4) is 0 Å². The van der Waals surface area contributed by atoms with Crippen molar-refractivity contribution in [2.75, 3.05) is 43.8 Å². The van der Waals surface area contributed by atoms with Gasteiger partial charge in [0.1, 0.15) is 11.6 Å². The number of halogens is 1. The first-order valence-corrected chi connectivity index (χ1v) is 10.6. The van der Waals surface area contributed by atoms with Gasteiger partial charge in [-0.25, -0.2) is 9.37 Å². The van der Waals surface area contributed by atoms with Gasteiger partial charge < -0.3 is 10.2 Å². The largest absolute Gasteiger partial charge is 0.339 e. The number of aromatic amines is 1. The van der Waals surface area contributed by atoms with Gasteiger partial charge in [-0.05, 0) is 30.7 Å². The lowest BCUT2D eigenvalue weighted by Gasteiger charge is -2.34. The summed E-state index contributed by atoms with van der Waals surface area (Å²) >= 11 is 1.33. The first-order valence-electron chi connectivity index (χ1n) is 9.63. The Labute approximate surface area is 173 Å². The summed E-state index contributed by atoms with van der Waals surface area (Å²) in [7, 11) is 0. The van der Waals surface area contributed by atoms with Crippen LogP contribution in [-0.2, 0) is 16.0 Å². The van der Waals surface area contributed by atoms with Crippen LogP contribution in [0.2, 0.25) is 0 Å². The molecule has 1 saturated heterocycles. The van der Waals surface area contributed by atoms with Gasteiger partial charge in [0.25, 0.3) is 0 Å². The lowest BCUT2D eigenvalue weighted by molar-refractivity contribution is -0.130. The molecule has 156 valence electrons. The van der Waals surface area contributed by atoms with E-state index in [-0.39, 0.29) is 24.2 Å². The van der Waals surface area contributed by atoms with Crippen LogP contribution in [0, 0.1) is 5.82 Å². The molecule has 0 aliphatic carbocycles. The third-order valence-corrected chi connectivity index (χ3v) is 5.38. The van der Waals surface area contributed by atoms with Gasteiger partial charge >= 0.3 is 0 Å². The van der Waals surface area contributed by atoms with E-state index in [0.717, 1.165) is 18.7 Å². The van der Waals surface area contributed by atoms with Crippen molar-refractivity contribution in [2.45, 2.75) is 24.9 Å². The average molecular weight is 421 g/mol. The third-order valence-electron chi connectivity index (χ3n) is 4.54. The number of thioether (sulfide) groups is 1. The molecule has 2 amide bonds. The predicted molar refractivity (Wildman–Crippen MR) is 109 cm³/mol. The van der Waals surface area contributed by atoms with E-state index in [4.69, 9.17) is 0 Å². The van der Waals surface area contributed by atoms with E-state index in [1.165, 1.54) is 36.0 Å². The van der Waals surface area contributed by atoms with Crippen LogP contribution in [0.1, 0.15) is 19.2 Å². The third kappa shape index (κ3) is 6.53. The predicted octanol–water partition coefficient (Wildman–Crippen LogP) is 1.77. The molecule has 2 heterocycles. The fourth-order valence-corrected chi connectivity index (χ4v) is 3.72.